The Bertz CT molecular complexity index is 947. The lowest BCUT2D eigenvalue weighted by molar-refractivity contribution is -0.145. The molecule has 7 atom stereocenters. The van der Waals surface area contributed by atoms with Crippen LogP contribution in [0.1, 0.15) is 35.6 Å². The van der Waals surface area contributed by atoms with Crippen molar-refractivity contribution >= 4 is 34.2 Å². The van der Waals surface area contributed by atoms with Crippen LogP contribution in [0, 0.1) is 25.7 Å². The molecular formula is C26H34O6S2. The second-order valence-electron chi connectivity index (χ2n) is 8.92. The Kier molecular flexibility index (Phi) is 10.9. The van der Waals surface area contributed by atoms with Crippen molar-refractivity contribution in [3.63, 3.8) is 0 Å². The molecule has 0 radical (unpaired) electrons. The molecule has 6 N–H and O–H groups in total. The monoisotopic (exact) mass is 506 g/mol. The first-order valence-electron chi connectivity index (χ1n) is 11.2. The van der Waals surface area contributed by atoms with Gasteiger partial charge in [0, 0.05) is 15.6 Å². The molecule has 2 aromatic carbocycles. The number of aliphatic hydroxyl groups excluding tert-OH is 6. The van der Waals surface area contributed by atoms with Crippen LogP contribution in [0.2, 0.25) is 0 Å². The third kappa shape index (κ3) is 7.19. The van der Waals surface area contributed by atoms with E-state index < -0.39 is 43.0 Å². The molecule has 0 saturated heterocycles. The van der Waals surface area contributed by atoms with Crippen LogP contribution in [0.25, 0.3) is 0 Å². The molecular weight excluding hydrogens is 472 g/mol. The normalized spacial score (nSPS) is 17.8. The van der Waals surface area contributed by atoms with E-state index in [0.717, 1.165) is 16.7 Å². The Morgan fingerprint density at radius 3 is 1.53 bits per heavy atom. The number of aliphatic hydroxyl groups is 6. The molecule has 0 saturated carbocycles. The molecule has 8 heteroatoms. The summed E-state index contributed by atoms with van der Waals surface area (Å²) in [5, 5.41) is 60.8. The summed E-state index contributed by atoms with van der Waals surface area (Å²) in [5.41, 5.74) is 3.71. The zero-order chi connectivity index (χ0) is 25.6. The Balaban J connectivity index is 2.32. The molecule has 0 amide bonds. The fourth-order valence-corrected chi connectivity index (χ4v) is 4.41. The molecule has 3 unspecified atom stereocenters. The van der Waals surface area contributed by atoms with Crippen LogP contribution in [0.3, 0.4) is 0 Å². The van der Waals surface area contributed by atoms with Crippen molar-refractivity contribution in [3.8, 4) is 0 Å². The highest BCUT2D eigenvalue weighted by atomic mass is 32.1. The highest BCUT2D eigenvalue weighted by Gasteiger charge is 2.39. The Morgan fingerprint density at radius 2 is 1.09 bits per heavy atom. The van der Waals surface area contributed by atoms with E-state index in [1.54, 1.807) is 0 Å². The third-order valence-corrected chi connectivity index (χ3v) is 7.28. The van der Waals surface area contributed by atoms with E-state index in [0.29, 0.717) is 15.3 Å². The predicted molar refractivity (Wildman–Crippen MR) is 140 cm³/mol. The maximum absolute atomic E-state index is 11.1. The van der Waals surface area contributed by atoms with Crippen LogP contribution >= 0.6 is 24.4 Å². The number of benzene rings is 2. The summed E-state index contributed by atoms with van der Waals surface area (Å²) in [6.45, 7) is 5.02. The molecule has 0 aliphatic rings. The van der Waals surface area contributed by atoms with Gasteiger partial charge in [-0.25, -0.2) is 0 Å². The van der Waals surface area contributed by atoms with Gasteiger partial charge in [-0.3, -0.25) is 0 Å². The van der Waals surface area contributed by atoms with Gasteiger partial charge in [0.25, 0.3) is 0 Å². The second-order valence-corrected chi connectivity index (χ2v) is 9.80. The summed E-state index contributed by atoms with van der Waals surface area (Å²) in [6, 6.07) is 15.2. The summed E-state index contributed by atoms with van der Waals surface area (Å²) >= 11 is 11.4. The largest absolute Gasteiger partial charge is 0.394 e. The van der Waals surface area contributed by atoms with Crippen molar-refractivity contribution in [3.05, 3.63) is 70.8 Å². The minimum Gasteiger partial charge on any atom is -0.394 e. The maximum atomic E-state index is 11.1. The molecule has 0 bridgehead atoms. The van der Waals surface area contributed by atoms with E-state index in [2.05, 4.69) is 0 Å². The average molecular weight is 507 g/mol. The first-order chi connectivity index (χ1) is 16.0. The SMILES string of the molecule is Cc1ccc(C(=S)C(C)CC(C(=S)c2ccc(C)cc2)C(O)[C@@H](O)[C@@H](O)[C@H](O)[C@@H](O)CO)cc1. The zero-order valence-electron chi connectivity index (χ0n) is 19.6. The van der Waals surface area contributed by atoms with Crippen molar-refractivity contribution in [2.45, 2.75) is 57.7 Å². The summed E-state index contributed by atoms with van der Waals surface area (Å²) in [6.07, 6.45) is -8.54. The minimum atomic E-state index is -1.90. The molecule has 0 aliphatic carbocycles. The molecule has 0 fully saturated rings. The predicted octanol–water partition coefficient (Wildman–Crippen LogP) is 1.88. The van der Waals surface area contributed by atoms with Crippen LogP contribution < -0.4 is 0 Å². The quantitative estimate of drug-likeness (QED) is 0.191. The Hall–Kier alpha value is -1.62. The lowest BCUT2D eigenvalue weighted by atomic mass is 9.80. The molecule has 0 heterocycles. The zero-order valence-corrected chi connectivity index (χ0v) is 21.2. The van der Waals surface area contributed by atoms with Gasteiger partial charge in [0.05, 0.1) is 12.7 Å². The molecule has 34 heavy (non-hydrogen) atoms. The van der Waals surface area contributed by atoms with Crippen molar-refractivity contribution in [2.75, 3.05) is 6.61 Å². The molecule has 2 aromatic rings. The van der Waals surface area contributed by atoms with Crippen molar-refractivity contribution in [1.82, 2.24) is 0 Å². The number of rotatable bonds is 12. The smallest absolute Gasteiger partial charge is 0.111 e. The first kappa shape index (κ1) is 28.6. The minimum absolute atomic E-state index is 0.210. The molecule has 0 aromatic heterocycles. The van der Waals surface area contributed by atoms with Crippen LogP contribution in [-0.4, -0.2) is 77.5 Å². The Labute approximate surface area is 211 Å². The lowest BCUT2D eigenvalue weighted by Gasteiger charge is -2.34. The van der Waals surface area contributed by atoms with Crippen molar-refractivity contribution in [1.29, 1.82) is 0 Å². The number of hydrogen-bond donors (Lipinski definition) is 6. The standard InChI is InChI=1S/C26H34O6S2/c1-14-4-8-17(9-5-14)25(33)16(3)12-19(26(34)18-10-6-15(2)7-11-18)21(29)23(31)24(32)22(30)20(28)13-27/h4-11,16,19-24,27-32H,12-13H2,1-3H3/t16?,19?,20-,21?,22+,23+,24-/m0/s1. The van der Waals surface area contributed by atoms with Crippen LogP contribution in [0.5, 0.6) is 0 Å². The summed E-state index contributed by atoms with van der Waals surface area (Å²) in [4.78, 5) is 1.06. The summed E-state index contributed by atoms with van der Waals surface area (Å²) in [7, 11) is 0. The van der Waals surface area contributed by atoms with Crippen LogP contribution in [0.4, 0.5) is 0 Å². The van der Waals surface area contributed by atoms with E-state index in [9.17, 15) is 25.5 Å². The average Bonchev–Trinajstić information content (AvgIpc) is 2.84. The van der Waals surface area contributed by atoms with Gasteiger partial charge in [0.1, 0.15) is 24.4 Å². The van der Waals surface area contributed by atoms with Gasteiger partial charge >= 0.3 is 0 Å². The van der Waals surface area contributed by atoms with Crippen LogP contribution in [0.15, 0.2) is 48.5 Å². The van der Waals surface area contributed by atoms with Gasteiger partial charge < -0.3 is 30.6 Å². The maximum Gasteiger partial charge on any atom is 0.111 e. The van der Waals surface area contributed by atoms with Gasteiger partial charge in [0.2, 0.25) is 0 Å². The molecule has 186 valence electrons. The fourth-order valence-electron chi connectivity index (χ4n) is 3.80. The summed E-state index contributed by atoms with van der Waals surface area (Å²) < 4.78 is 0. The highest BCUT2D eigenvalue weighted by Crippen LogP contribution is 2.28. The van der Waals surface area contributed by atoms with Gasteiger partial charge in [-0.05, 0) is 37.3 Å². The fraction of sp³-hybridized carbons (Fsp3) is 0.462. The Morgan fingerprint density at radius 1 is 0.676 bits per heavy atom. The van der Waals surface area contributed by atoms with E-state index >= 15 is 0 Å². The van der Waals surface area contributed by atoms with Crippen LogP contribution in [-0.2, 0) is 0 Å². The van der Waals surface area contributed by atoms with Gasteiger partial charge in [0.15, 0.2) is 0 Å². The van der Waals surface area contributed by atoms with Gasteiger partial charge in [-0.15, -0.1) is 0 Å². The van der Waals surface area contributed by atoms with E-state index in [-0.39, 0.29) is 12.3 Å². The van der Waals surface area contributed by atoms with E-state index in [4.69, 9.17) is 29.5 Å². The van der Waals surface area contributed by atoms with E-state index in [1.807, 2.05) is 69.3 Å². The summed E-state index contributed by atoms with van der Waals surface area (Å²) in [5.74, 6) is -1.00. The third-order valence-electron chi connectivity index (χ3n) is 6.11. The van der Waals surface area contributed by atoms with Gasteiger partial charge in [-0.1, -0.05) is 91.0 Å². The molecule has 6 nitrogen and oxygen atoms in total. The first-order valence-corrected chi connectivity index (χ1v) is 12.0. The number of hydrogen-bond acceptors (Lipinski definition) is 8. The molecule has 2 rings (SSSR count). The topological polar surface area (TPSA) is 121 Å². The van der Waals surface area contributed by atoms with Gasteiger partial charge in [-0.2, -0.15) is 0 Å². The number of aryl methyl sites for hydroxylation is 2. The lowest BCUT2D eigenvalue weighted by Crippen LogP contribution is -2.52. The van der Waals surface area contributed by atoms with Crippen molar-refractivity contribution in [2.24, 2.45) is 11.8 Å². The van der Waals surface area contributed by atoms with E-state index in [1.165, 1.54) is 0 Å². The van der Waals surface area contributed by atoms with Crippen molar-refractivity contribution < 1.29 is 30.6 Å². The molecule has 0 spiro atoms. The highest BCUT2D eigenvalue weighted by molar-refractivity contribution is 7.81. The second kappa shape index (κ2) is 12.9. The molecule has 0 aliphatic heterocycles. The number of thiocarbonyl (C=S) groups is 2.